The molecule has 0 unspecified atom stereocenters. The van der Waals surface area contributed by atoms with Crippen molar-refractivity contribution in [1.82, 2.24) is 29.6 Å². The SMILES string of the molecule is Cc1cccc(-n2nnn(C)c2=O)c1COc1nn(-c2ccc(Cl)cc2)cc1F. The van der Waals surface area contributed by atoms with Crippen molar-refractivity contribution in [3.63, 3.8) is 0 Å². The molecule has 0 saturated carbocycles. The zero-order valence-electron chi connectivity index (χ0n) is 15.6. The average Bonchev–Trinajstić information content (AvgIpc) is 3.24. The Kier molecular flexibility index (Phi) is 4.89. The van der Waals surface area contributed by atoms with Gasteiger partial charge in [0.25, 0.3) is 5.88 Å². The summed E-state index contributed by atoms with van der Waals surface area (Å²) in [5.74, 6) is -0.757. The van der Waals surface area contributed by atoms with Crippen LogP contribution in [-0.4, -0.2) is 29.6 Å². The Hall–Kier alpha value is -3.46. The third-order valence-corrected chi connectivity index (χ3v) is 4.67. The molecule has 0 amide bonds. The monoisotopic (exact) mass is 414 g/mol. The fraction of sp³-hybridized carbons (Fsp3) is 0.158. The summed E-state index contributed by atoms with van der Waals surface area (Å²) in [6.07, 6.45) is 1.23. The van der Waals surface area contributed by atoms with E-state index in [4.69, 9.17) is 16.3 Å². The number of aromatic nitrogens is 6. The Morgan fingerprint density at radius 1 is 1.14 bits per heavy atom. The van der Waals surface area contributed by atoms with Crippen LogP contribution in [0.25, 0.3) is 11.4 Å². The molecule has 4 aromatic rings. The van der Waals surface area contributed by atoms with Crippen molar-refractivity contribution in [1.29, 1.82) is 0 Å². The number of aryl methyl sites for hydroxylation is 2. The van der Waals surface area contributed by atoms with Gasteiger partial charge in [-0.15, -0.1) is 5.10 Å². The van der Waals surface area contributed by atoms with Gasteiger partial charge in [-0.3, -0.25) is 0 Å². The van der Waals surface area contributed by atoms with Gasteiger partial charge in [0.2, 0.25) is 5.82 Å². The molecule has 0 aliphatic heterocycles. The zero-order chi connectivity index (χ0) is 20.5. The standard InChI is InChI=1S/C19H16ClFN6O2/c1-12-4-3-5-17(27-19(28)25(2)23-24-27)15(12)11-29-18-16(21)10-26(22-18)14-8-6-13(20)7-9-14/h3-10H,11H2,1-2H3. The van der Waals surface area contributed by atoms with Crippen molar-refractivity contribution in [2.24, 2.45) is 7.05 Å². The van der Waals surface area contributed by atoms with Gasteiger partial charge in [0.15, 0.2) is 0 Å². The van der Waals surface area contributed by atoms with E-state index in [0.717, 1.165) is 10.2 Å². The van der Waals surface area contributed by atoms with Crippen molar-refractivity contribution in [3.05, 3.63) is 81.1 Å². The number of rotatable bonds is 5. The number of hydrogen-bond acceptors (Lipinski definition) is 5. The number of nitrogens with zero attached hydrogens (tertiary/aromatic N) is 6. The normalized spacial score (nSPS) is 11.0. The highest BCUT2D eigenvalue weighted by atomic mass is 35.5. The number of benzene rings is 2. The van der Waals surface area contributed by atoms with Gasteiger partial charge in [-0.2, -0.15) is 13.8 Å². The largest absolute Gasteiger partial charge is 0.470 e. The lowest BCUT2D eigenvalue weighted by Gasteiger charge is -2.11. The molecular formula is C19H16ClFN6O2. The minimum Gasteiger partial charge on any atom is -0.470 e. The second kappa shape index (κ2) is 7.51. The maximum Gasteiger partial charge on any atom is 0.368 e. The summed E-state index contributed by atoms with van der Waals surface area (Å²) in [6, 6.07) is 12.2. The van der Waals surface area contributed by atoms with E-state index in [1.165, 1.54) is 22.6 Å². The van der Waals surface area contributed by atoms with Gasteiger partial charge >= 0.3 is 5.69 Å². The van der Waals surface area contributed by atoms with Crippen molar-refractivity contribution in [2.75, 3.05) is 0 Å². The molecule has 0 fully saturated rings. The Morgan fingerprint density at radius 2 is 1.90 bits per heavy atom. The molecule has 0 radical (unpaired) electrons. The molecule has 10 heteroatoms. The van der Waals surface area contributed by atoms with Crippen LogP contribution in [0.4, 0.5) is 4.39 Å². The highest BCUT2D eigenvalue weighted by Crippen LogP contribution is 2.22. The molecule has 0 spiro atoms. The molecular weight excluding hydrogens is 399 g/mol. The first kappa shape index (κ1) is 18.9. The first-order valence-corrected chi connectivity index (χ1v) is 9.03. The molecule has 0 atom stereocenters. The van der Waals surface area contributed by atoms with E-state index < -0.39 is 11.5 Å². The first-order chi connectivity index (χ1) is 13.9. The van der Waals surface area contributed by atoms with E-state index in [1.54, 1.807) is 36.4 Å². The third-order valence-electron chi connectivity index (χ3n) is 4.42. The second-order valence-electron chi connectivity index (χ2n) is 6.36. The third kappa shape index (κ3) is 3.64. The molecule has 2 aromatic carbocycles. The van der Waals surface area contributed by atoms with Crippen molar-refractivity contribution >= 4 is 11.6 Å². The second-order valence-corrected chi connectivity index (χ2v) is 6.80. The van der Waals surface area contributed by atoms with Crippen LogP contribution in [0.15, 0.2) is 53.5 Å². The van der Waals surface area contributed by atoms with Crippen LogP contribution < -0.4 is 10.4 Å². The van der Waals surface area contributed by atoms with Gasteiger partial charge in [-0.05, 0) is 53.2 Å². The van der Waals surface area contributed by atoms with E-state index >= 15 is 0 Å². The molecule has 0 saturated heterocycles. The summed E-state index contributed by atoms with van der Waals surface area (Å²) >= 11 is 5.88. The van der Waals surface area contributed by atoms with Crippen molar-refractivity contribution in [3.8, 4) is 17.3 Å². The quantitative estimate of drug-likeness (QED) is 0.501. The van der Waals surface area contributed by atoms with Crippen LogP contribution in [0.1, 0.15) is 11.1 Å². The smallest absolute Gasteiger partial charge is 0.368 e. The highest BCUT2D eigenvalue weighted by molar-refractivity contribution is 6.30. The van der Waals surface area contributed by atoms with Gasteiger partial charge in [-0.1, -0.05) is 23.7 Å². The van der Waals surface area contributed by atoms with Gasteiger partial charge in [0, 0.05) is 17.6 Å². The molecule has 0 aliphatic rings. The van der Waals surface area contributed by atoms with Crippen LogP contribution in [0.3, 0.4) is 0 Å². The van der Waals surface area contributed by atoms with E-state index in [-0.39, 0.29) is 12.5 Å². The Bertz CT molecular complexity index is 1230. The molecule has 2 heterocycles. The number of tetrazole rings is 1. The molecule has 8 nitrogen and oxygen atoms in total. The minimum absolute atomic E-state index is 0.000424. The Balaban J connectivity index is 1.63. The fourth-order valence-corrected chi connectivity index (χ4v) is 2.97. The first-order valence-electron chi connectivity index (χ1n) is 8.66. The van der Waals surface area contributed by atoms with Crippen LogP contribution in [0, 0.1) is 12.7 Å². The zero-order valence-corrected chi connectivity index (χ0v) is 16.3. The lowest BCUT2D eigenvalue weighted by Crippen LogP contribution is -2.23. The predicted molar refractivity (Wildman–Crippen MR) is 104 cm³/mol. The lowest BCUT2D eigenvalue weighted by atomic mass is 10.1. The fourth-order valence-electron chi connectivity index (χ4n) is 2.84. The van der Waals surface area contributed by atoms with Crippen LogP contribution in [-0.2, 0) is 13.7 Å². The molecule has 0 bridgehead atoms. The van der Waals surface area contributed by atoms with E-state index in [0.29, 0.717) is 22.0 Å². The highest BCUT2D eigenvalue weighted by Gasteiger charge is 2.16. The Morgan fingerprint density at radius 3 is 2.59 bits per heavy atom. The van der Waals surface area contributed by atoms with Crippen molar-refractivity contribution < 1.29 is 9.13 Å². The molecule has 29 heavy (non-hydrogen) atoms. The van der Waals surface area contributed by atoms with E-state index in [2.05, 4.69) is 15.5 Å². The van der Waals surface area contributed by atoms with Crippen LogP contribution in [0.5, 0.6) is 5.88 Å². The molecule has 2 aromatic heterocycles. The topological polar surface area (TPSA) is 79.8 Å². The van der Waals surface area contributed by atoms with Crippen molar-refractivity contribution in [2.45, 2.75) is 13.5 Å². The number of halogens is 2. The van der Waals surface area contributed by atoms with Crippen LogP contribution >= 0.6 is 11.6 Å². The average molecular weight is 415 g/mol. The molecule has 148 valence electrons. The van der Waals surface area contributed by atoms with E-state index in [9.17, 15) is 9.18 Å². The van der Waals surface area contributed by atoms with E-state index in [1.807, 2.05) is 13.0 Å². The number of ether oxygens (including phenoxy) is 1. The Labute approximate surface area is 169 Å². The van der Waals surface area contributed by atoms with Crippen LogP contribution in [0.2, 0.25) is 5.02 Å². The summed E-state index contributed by atoms with van der Waals surface area (Å²) in [6.45, 7) is 1.87. The maximum absolute atomic E-state index is 14.4. The summed E-state index contributed by atoms with van der Waals surface area (Å²) in [4.78, 5) is 12.2. The van der Waals surface area contributed by atoms with Gasteiger partial charge in [-0.25, -0.2) is 9.48 Å². The number of hydrogen-bond donors (Lipinski definition) is 0. The van der Waals surface area contributed by atoms with Gasteiger partial charge in [0.05, 0.1) is 17.6 Å². The summed E-state index contributed by atoms with van der Waals surface area (Å²) in [7, 11) is 1.51. The summed E-state index contributed by atoms with van der Waals surface area (Å²) in [5, 5.41) is 12.3. The maximum atomic E-state index is 14.4. The summed E-state index contributed by atoms with van der Waals surface area (Å²) < 4.78 is 23.7. The minimum atomic E-state index is -0.605. The predicted octanol–water partition coefficient (Wildman–Crippen LogP) is 2.83. The molecule has 0 aliphatic carbocycles. The summed E-state index contributed by atoms with van der Waals surface area (Å²) in [5.41, 5.74) is 2.30. The molecule has 0 N–H and O–H groups in total. The van der Waals surface area contributed by atoms with Gasteiger partial charge < -0.3 is 4.74 Å². The van der Waals surface area contributed by atoms with Gasteiger partial charge in [0.1, 0.15) is 6.61 Å². The molecule has 4 rings (SSSR count). The lowest BCUT2D eigenvalue weighted by molar-refractivity contribution is 0.277.